The molecule has 0 saturated heterocycles. The van der Waals surface area contributed by atoms with Gasteiger partial charge in [0.2, 0.25) is 0 Å². The van der Waals surface area contributed by atoms with Crippen LogP contribution < -0.4 is 10.1 Å². The Kier molecular flexibility index (Phi) is 10.8. The smallest absolute Gasteiger partial charge is 0.408 e. The molecular formula is C28H37NO7. The molecule has 2 aromatic carbocycles. The lowest BCUT2D eigenvalue weighted by molar-refractivity contribution is -0.173. The van der Waals surface area contributed by atoms with Crippen LogP contribution in [0.15, 0.2) is 54.6 Å². The molecular weight excluding hydrogens is 462 g/mol. The zero-order valence-corrected chi connectivity index (χ0v) is 21.9. The van der Waals surface area contributed by atoms with E-state index in [1.54, 1.807) is 46.9 Å². The molecule has 0 spiro atoms. The number of esters is 2. The summed E-state index contributed by atoms with van der Waals surface area (Å²) in [6, 6.07) is 15.5. The molecule has 1 amide bonds. The Balaban J connectivity index is 1.96. The number of hydrogen-bond donors (Lipinski definition) is 1. The second kappa shape index (κ2) is 13.5. The summed E-state index contributed by atoms with van der Waals surface area (Å²) in [6.07, 6.45) is -1.09. The largest absolute Gasteiger partial charge is 0.497 e. The molecule has 8 nitrogen and oxygen atoms in total. The Morgan fingerprint density at radius 1 is 0.889 bits per heavy atom. The molecule has 0 fully saturated rings. The van der Waals surface area contributed by atoms with E-state index in [0.29, 0.717) is 12.2 Å². The Morgan fingerprint density at radius 3 is 2.03 bits per heavy atom. The number of carbonyl (C=O) groups excluding carboxylic acids is 3. The maximum Gasteiger partial charge on any atom is 0.408 e. The number of nitrogens with one attached hydrogen (secondary N) is 1. The maximum absolute atomic E-state index is 13.0. The van der Waals surface area contributed by atoms with Gasteiger partial charge in [0.1, 0.15) is 31.1 Å². The van der Waals surface area contributed by atoms with Crippen molar-refractivity contribution in [2.75, 3.05) is 7.11 Å². The number of carbonyl (C=O) groups is 3. The van der Waals surface area contributed by atoms with Gasteiger partial charge in [0.25, 0.3) is 0 Å². The van der Waals surface area contributed by atoms with Crippen molar-refractivity contribution in [2.45, 2.75) is 66.4 Å². The van der Waals surface area contributed by atoms with E-state index < -0.39 is 35.6 Å². The monoisotopic (exact) mass is 499 g/mol. The maximum atomic E-state index is 13.0. The third-order valence-corrected chi connectivity index (χ3v) is 5.90. The number of methoxy groups -OCH3 is 1. The topological polar surface area (TPSA) is 100 Å². The Hall–Kier alpha value is -3.55. The van der Waals surface area contributed by atoms with Crippen LogP contribution in [0.4, 0.5) is 4.79 Å². The van der Waals surface area contributed by atoms with E-state index in [2.05, 4.69) is 5.32 Å². The lowest BCUT2D eigenvalue weighted by atomic mass is 9.85. The molecule has 196 valence electrons. The molecule has 8 heteroatoms. The molecule has 2 atom stereocenters. The van der Waals surface area contributed by atoms with Crippen LogP contribution in [0.2, 0.25) is 0 Å². The molecule has 0 saturated carbocycles. The second-order valence-electron chi connectivity index (χ2n) is 9.41. The van der Waals surface area contributed by atoms with Crippen molar-refractivity contribution in [3.05, 3.63) is 65.7 Å². The van der Waals surface area contributed by atoms with Crippen LogP contribution in [0, 0.1) is 11.3 Å². The van der Waals surface area contributed by atoms with E-state index in [-0.39, 0.29) is 19.1 Å². The second-order valence-corrected chi connectivity index (χ2v) is 9.41. The van der Waals surface area contributed by atoms with Crippen LogP contribution in [-0.4, -0.2) is 37.3 Å². The average Bonchev–Trinajstić information content (AvgIpc) is 2.88. The molecule has 1 N–H and O–H groups in total. The highest BCUT2D eigenvalue weighted by molar-refractivity contribution is 5.82. The van der Waals surface area contributed by atoms with Gasteiger partial charge in [-0.05, 0) is 49.4 Å². The summed E-state index contributed by atoms with van der Waals surface area (Å²) in [5, 5.41) is 2.59. The number of alkyl carbamates (subject to hydrolysis) is 1. The zero-order valence-electron chi connectivity index (χ0n) is 21.9. The van der Waals surface area contributed by atoms with E-state index in [0.717, 1.165) is 11.1 Å². The van der Waals surface area contributed by atoms with Crippen LogP contribution in [0.1, 0.15) is 52.2 Å². The Morgan fingerprint density at radius 2 is 1.47 bits per heavy atom. The first-order valence-corrected chi connectivity index (χ1v) is 12.1. The van der Waals surface area contributed by atoms with Gasteiger partial charge in [0.15, 0.2) is 0 Å². The highest BCUT2D eigenvalue weighted by Crippen LogP contribution is 2.29. The van der Waals surface area contributed by atoms with Crippen molar-refractivity contribution in [1.29, 1.82) is 0 Å². The van der Waals surface area contributed by atoms with Gasteiger partial charge in [-0.2, -0.15) is 0 Å². The van der Waals surface area contributed by atoms with Gasteiger partial charge in [0.05, 0.1) is 12.5 Å². The fourth-order valence-corrected chi connectivity index (χ4v) is 3.53. The lowest BCUT2D eigenvalue weighted by Crippen LogP contribution is -2.49. The van der Waals surface area contributed by atoms with Crippen LogP contribution in [0.5, 0.6) is 5.75 Å². The average molecular weight is 500 g/mol. The molecule has 0 radical (unpaired) electrons. The number of ether oxygens (including phenoxy) is 4. The van der Waals surface area contributed by atoms with Crippen molar-refractivity contribution in [1.82, 2.24) is 5.32 Å². The summed E-state index contributed by atoms with van der Waals surface area (Å²) in [6.45, 7) is 8.92. The van der Waals surface area contributed by atoms with E-state index in [4.69, 9.17) is 18.9 Å². The summed E-state index contributed by atoms with van der Waals surface area (Å²) in [5.74, 6) is -0.677. The molecule has 2 aromatic rings. The van der Waals surface area contributed by atoms with Gasteiger partial charge in [0, 0.05) is 0 Å². The van der Waals surface area contributed by atoms with Crippen molar-refractivity contribution in [3.63, 3.8) is 0 Å². The molecule has 0 aliphatic carbocycles. The summed E-state index contributed by atoms with van der Waals surface area (Å²) in [4.78, 5) is 38.3. The van der Waals surface area contributed by atoms with Gasteiger partial charge in [-0.15, -0.1) is 0 Å². The van der Waals surface area contributed by atoms with Crippen LogP contribution in [-0.2, 0) is 37.0 Å². The van der Waals surface area contributed by atoms with Gasteiger partial charge in [-0.3, -0.25) is 4.79 Å². The molecule has 0 unspecified atom stereocenters. The summed E-state index contributed by atoms with van der Waals surface area (Å²) < 4.78 is 21.6. The predicted octanol–water partition coefficient (Wildman–Crippen LogP) is 5.04. The van der Waals surface area contributed by atoms with Crippen molar-refractivity contribution in [3.8, 4) is 5.75 Å². The third-order valence-electron chi connectivity index (χ3n) is 5.90. The fourth-order valence-electron chi connectivity index (χ4n) is 3.53. The van der Waals surface area contributed by atoms with Crippen LogP contribution >= 0.6 is 0 Å². The minimum atomic E-state index is -1.10. The molecule has 0 aromatic heterocycles. The van der Waals surface area contributed by atoms with E-state index in [1.807, 2.05) is 49.4 Å². The number of rotatable bonds is 12. The molecule has 0 aliphatic heterocycles. The van der Waals surface area contributed by atoms with Gasteiger partial charge >= 0.3 is 18.0 Å². The van der Waals surface area contributed by atoms with Crippen LogP contribution in [0.3, 0.4) is 0 Å². The summed E-state index contributed by atoms with van der Waals surface area (Å²) >= 11 is 0. The highest BCUT2D eigenvalue weighted by Gasteiger charge is 2.41. The van der Waals surface area contributed by atoms with Crippen molar-refractivity contribution in [2.24, 2.45) is 11.3 Å². The lowest BCUT2D eigenvalue weighted by Gasteiger charge is -2.32. The van der Waals surface area contributed by atoms with Crippen molar-refractivity contribution >= 4 is 18.0 Å². The highest BCUT2D eigenvalue weighted by atomic mass is 16.6. The number of amides is 1. The SMILES string of the molecule is CC[C@H](OC(=O)[C@@H](NC(=O)OCc1ccccc1)C(C)C)C(C)(C)C(=O)OCc1ccc(OC)cc1. The first kappa shape index (κ1) is 28.7. The van der Waals surface area contributed by atoms with Crippen molar-refractivity contribution < 1.29 is 33.3 Å². The van der Waals surface area contributed by atoms with Gasteiger partial charge < -0.3 is 24.3 Å². The zero-order chi connectivity index (χ0) is 26.7. The Bertz CT molecular complexity index is 987. The standard InChI is InChI=1S/C28H37NO7/c1-7-23(28(4,5)26(31)34-17-21-13-15-22(33-6)16-14-21)36-25(30)24(19(2)3)29-27(32)35-18-20-11-9-8-10-12-20/h8-16,19,23-24H,7,17-18H2,1-6H3,(H,29,32)/t23-,24-/m0/s1. The molecule has 0 bridgehead atoms. The molecule has 2 rings (SSSR count). The summed E-state index contributed by atoms with van der Waals surface area (Å²) in [7, 11) is 1.58. The van der Waals surface area contributed by atoms with E-state index in [9.17, 15) is 14.4 Å². The Labute approximate surface area is 213 Å². The fraction of sp³-hybridized carbons (Fsp3) is 0.464. The van der Waals surface area contributed by atoms with Gasteiger partial charge in [-0.25, -0.2) is 9.59 Å². The molecule has 0 heterocycles. The van der Waals surface area contributed by atoms with Crippen LogP contribution in [0.25, 0.3) is 0 Å². The number of benzene rings is 2. The van der Waals surface area contributed by atoms with E-state index >= 15 is 0 Å². The molecule has 36 heavy (non-hydrogen) atoms. The number of hydrogen-bond acceptors (Lipinski definition) is 7. The van der Waals surface area contributed by atoms with Gasteiger partial charge in [-0.1, -0.05) is 63.2 Å². The summed E-state index contributed by atoms with van der Waals surface area (Å²) in [5.41, 5.74) is 0.534. The minimum absolute atomic E-state index is 0.0805. The minimum Gasteiger partial charge on any atom is -0.497 e. The quantitative estimate of drug-likeness (QED) is 0.323. The molecule has 0 aliphatic rings. The third kappa shape index (κ3) is 8.29. The predicted molar refractivity (Wildman–Crippen MR) is 135 cm³/mol. The first-order chi connectivity index (χ1) is 17.1. The normalized spacial score (nSPS) is 12.9. The van der Waals surface area contributed by atoms with E-state index in [1.165, 1.54) is 0 Å². The first-order valence-electron chi connectivity index (χ1n) is 12.1.